The molecular formula is C19H16ClFN4O. The van der Waals surface area contributed by atoms with E-state index in [2.05, 4.69) is 20.6 Å². The smallest absolute Gasteiger partial charge is 0.274 e. The van der Waals surface area contributed by atoms with Gasteiger partial charge in [-0.1, -0.05) is 23.7 Å². The van der Waals surface area contributed by atoms with Crippen LogP contribution in [0, 0.1) is 19.7 Å². The molecule has 1 heterocycles. The lowest BCUT2D eigenvalue weighted by Gasteiger charge is -2.10. The highest BCUT2D eigenvalue weighted by Gasteiger charge is 2.12. The number of aryl methyl sites for hydroxylation is 2. The number of benzene rings is 2. The third kappa shape index (κ3) is 4.34. The van der Waals surface area contributed by atoms with Gasteiger partial charge >= 0.3 is 0 Å². The van der Waals surface area contributed by atoms with Crippen LogP contribution >= 0.6 is 11.6 Å². The zero-order valence-electron chi connectivity index (χ0n) is 14.2. The summed E-state index contributed by atoms with van der Waals surface area (Å²) in [6.07, 6.45) is 0. The molecule has 0 spiro atoms. The second-order valence-electron chi connectivity index (χ2n) is 5.74. The van der Waals surface area contributed by atoms with Crippen LogP contribution in [0.25, 0.3) is 0 Å². The average molecular weight is 371 g/mol. The number of rotatable bonds is 4. The van der Waals surface area contributed by atoms with E-state index in [1.807, 2.05) is 19.1 Å². The first-order chi connectivity index (χ1) is 12.4. The lowest BCUT2D eigenvalue weighted by Crippen LogP contribution is -2.15. The summed E-state index contributed by atoms with van der Waals surface area (Å²) < 4.78 is 13.3. The number of amides is 1. The Bertz CT molecular complexity index is 978. The van der Waals surface area contributed by atoms with Gasteiger partial charge in [-0.2, -0.15) is 0 Å². The molecule has 2 N–H and O–H groups in total. The minimum Gasteiger partial charge on any atom is -0.340 e. The Morgan fingerprint density at radius 1 is 1.04 bits per heavy atom. The van der Waals surface area contributed by atoms with Crippen LogP contribution in [0.5, 0.6) is 0 Å². The monoisotopic (exact) mass is 370 g/mol. The van der Waals surface area contributed by atoms with Crippen molar-refractivity contribution in [2.45, 2.75) is 13.8 Å². The van der Waals surface area contributed by atoms with Crippen LogP contribution < -0.4 is 10.6 Å². The van der Waals surface area contributed by atoms with Crippen molar-refractivity contribution in [1.82, 2.24) is 9.97 Å². The van der Waals surface area contributed by atoms with Gasteiger partial charge in [0.15, 0.2) is 0 Å². The Balaban J connectivity index is 1.82. The fraction of sp³-hybridized carbons (Fsp3) is 0.105. The minimum absolute atomic E-state index is 0.169. The summed E-state index contributed by atoms with van der Waals surface area (Å²) in [6, 6.07) is 12.7. The zero-order valence-corrected chi connectivity index (χ0v) is 14.9. The fourth-order valence-electron chi connectivity index (χ4n) is 2.33. The Labute approximate surface area is 155 Å². The maximum atomic E-state index is 13.3. The number of anilines is 3. The predicted molar refractivity (Wildman–Crippen MR) is 101 cm³/mol. The number of nitrogens with zero attached hydrogens (tertiary/aromatic N) is 2. The Morgan fingerprint density at radius 2 is 1.85 bits per heavy atom. The van der Waals surface area contributed by atoms with Gasteiger partial charge in [-0.15, -0.1) is 0 Å². The number of carbonyl (C=O) groups excluding carboxylic acids is 1. The van der Waals surface area contributed by atoms with Crippen LogP contribution in [0.4, 0.5) is 21.6 Å². The minimum atomic E-state index is -0.453. The van der Waals surface area contributed by atoms with Crippen molar-refractivity contribution in [3.05, 3.63) is 76.5 Å². The molecule has 132 valence electrons. The first-order valence-corrected chi connectivity index (χ1v) is 8.24. The summed E-state index contributed by atoms with van der Waals surface area (Å²) in [4.78, 5) is 20.8. The molecule has 26 heavy (non-hydrogen) atoms. The summed E-state index contributed by atoms with van der Waals surface area (Å²) in [5.41, 5.74) is 2.23. The third-order valence-corrected chi connectivity index (χ3v) is 4.00. The molecule has 7 heteroatoms. The molecule has 0 radical (unpaired) electrons. The molecule has 0 saturated heterocycles. The average Bonchev–Trinajstić information content (AvgIpc) is 2.58. The van der Waals surface area contributed by atoms with Crippen LogP contribution in [0.1, 0.15) is 21.9 Å². The number of hydrogen-bond acceptors (Lipinski definition) is 4. The van der Waals surface area contributed by atoms with Crippen LogP contribution in [-0.4, -0.2) is 15.9 Å². The number of carbonyl (C=O) groups is 1. The molecule has 0 aliphatic rings. The molecule has 3 rings (SSSR count). The highest BCUT2D eigenvalue weighted by molar-refractivity contribution is 6.31. The second-order valence-corrected chi connectivity index (χ2v) is 6.15. The molecule has 0 saturated carbocycles. The third-order valence-electron chi connectivity index (χ3n) is 3.60. The van der Waals surface area contributed by atoms with E-state index in [-0.39, 0.29) is 5.69 Å². The van der Waals surface area contributed by atoms with Crippen molar-refractivity contribution < 1.29 is 9.18 Å². The predicted octanol–water partition coefficient (Wildman–Crippen LogP) is 4.88. The van der Waals surface area contributed by atoms with E-state index >= 15 is 0 Å². The lowest BCUT2D eigenvalue weighted by molar-refractivity contribution is 0.102. The van der Waals surface area contributed by atoms with E-state index in [1.165, 1.54) is 24.3 Å². The van der Waals surface area contributed by atoms with Gasteiger partial charge in [0, 0.05) is 22.5 Å². The second kappa shape index (κ2) is 7.49. The highest BCUT2D eigenvalue weighted by Crippen LogP contribution is 2.23. The van der Waals surface area contributed by atoms with Crippen LogP contribution in [0.2, 0.25) is 5.02 Å². The van der Waals surface area contributed by atoms with E-state index in [1.54, 1.807) is 19.1 Å². The number of nitrogens with one attached hydrogen (secondary N) is 2. The fourth-order valence-corrected chi connectivity index (χ4v) is 2.51. The van der Waals surface area contributed by atoms with Gasteiger partial charge < -0.3 is 10.6 Å². The van der Waals surface area contributed by atoms with Gasteiger partial charge in [-0.05, 0) is 49.7 Å². The maximum Gasteiger partial charge on any atom is 0.274 e. The summed E-state index contributed by atoms with van der Waals surface area (Å²) in [7, 11) is 0. The van der Waals surface area contributed by atoms with E-state index < -0.39 is 11.7 Å². The molecular weight excluding hydrogens is 355 g/mol. The van der Waals surface area contributed by atoms with Crippen molar-refractivity contribution in [2.75, 3.05) is 10.6 Å². The molecule has 2 aromatic carbocycles. The van der Waals surface area contributed by atoms with E-state index in [4.69, 9.17) is 11.6 Å². The van der Waals surface area contributed by atoms with Crippen molar-refractivity contribution in [3.63, 3.8) is 0 Å². The normalized spacial score (nSPS) is 10.5. The van der Waals surface area contributed by atoms with Gasteiger partial charge in [-0.25, -0.2) is 14.4 Å². The molecule has 1 aromatic heterocycles. The SMILES string of the molecule is Cc1nc(Nc2ccc(C)c(Cl)c2)cc(C(=O)Nc2cccc(F)c2)n1. The molecule has 3 aromatic rings. The topological polar surface area (TPSA) is 66.9 Å². The summed E-state index contributed by atoms with van der Waals surface area (Å²) >= 11 is 6.13. The molecule has 0 fully saturated rings. The van der Waals surface area contributed by atoms with Crippen LogP contribution in [-0.2, 0) is 0 Å². The molecule has 0 bridgehead atoms. The summed E-state index contributed by atoms with van der Waals surface area (Å²) in [6.45, 7) is 3.60. The molecule has 5 nitrogen and oxygen atoms in total. The van der Waals surface area contributed by atoms with Gasteiger partial charge in [0.25, 0.3) is 5.91 Å². The van der Waals surface area contributed by atoms with Gasteiger partial charge in [0.2, 0.25) is 0 Å². The van der Waals surface area contributed by atoms with Crippen molar-refractivity contribution in [1.29, 1.82) is 0 Å². The summed E-state index contributed by atoms with van der Waals surface area (Å²) in [5.74, 6) is 0.00535. The summed E-state index contributed by atoms with van der Waals surface area (Å²) in [5, 5.41) is 6.35. The first kappa shape index (κ1) is 17.8. The van der Waals surface area contributed by atoms with Gasteiger partial charge in [-0.3, -0.25) is 4.79 Å². The Kier molecular flexibility index (Phi) is 5.14. The van der Waals surface area contributed by atoms with Crippen LogP contribution in [0.15, 0.2) is 48.5 Å². The largest absolute Gasteiger partial charge is 0.340 e. The van der Waals surface area contributed by atoms with E-state index in [0.717, 1.165) is 11.3 Å². The molecule has 0 atom stereocenters. The van der Waals surface area contributed by atoms with Crippen molar-refractivity contribution in [2.24, 2.45) is 0 Å². The Hall–Kier alpha value is -2.99. The highest BCUT2D eigenvalue weighted by atomic mass is 35.5. The van der Waals surface area contributed by atoms with Gasteiger partial charge in [0.1, 0.15) is 23.2 Å². The first-order valence-electron chi connectivity index (χ1n) is 7.86. The van der Waals surface area contributed by atoms with Crippen molar-refractivity contribution in [3.8, 4) is 0 Å². The zero-order chi connectivity index (χ0) is 18.7. The van der Waals surface area contributed by atoms with E-state index in [9.17, 15) is 9.18 Å². The quantitative estimate of drug-likeness (QED) is 0.686. The maximum absolute atomic E-state index is 13.3. The molecule has 1 amide bonds. The van der Waals surface area contributed by atoms with E-state index in [0.29, 0.717) is 22.4 Å². The van der Waals surface area contributed by atoms with Crippen LogP contribution in [0.3, 0.4) is 0 Å². The number of halogens is 2. The van der Waals surface area contributed by atoms with Crippen molar-refractivity contribution >= 4 is 34.7 Å². The lowest BCUT2D eigenvalue weighted by atomic mass is 10.2. The number of hydrogen-bond donors (Lipinski definition) is 2. The Morgan fingerprint density at radius 3 is 2.58 bits per heavy atom. The van der Waals surface area contributed by atoms with Gasteiger partial charge in [0.05, 0.1) is 0 Å². The molecule has 0 aliphatic heterocycles. The molecule has 0 aliphatic carbocycles. The standard InChI is InChI=1S/C19H16ClFN4O/c1-11-6-7-15(9-16(11)20)24-18-10-17(22-12(2)23-18)19(26)25-14-5-3-4-13(21)8-14/h3-10H,1-2H3,(H,25,26)(H,22,23,24). The molecule has 0 unspecified atom stereocenters. The number of aromatic nitrogens is 2.